The number of amides is 1. The van der Waals surface area contributed by atoms with Crippen molar-refractivity contribution in [2.75, 3.05) is 0 Å². The fourth-order valence-electron chi connectivity index (χ4n) is 2.91. The van der Waals surface area contributed by atoms with E-state index in [-0.39, 0.29) is 11.9 Å². The summed E-state index contributed by atoms with van der Waals surface area (Å²) in [5.74, 6) is 0.808. The number of benzene rings is 1. The van der Waals surface area contributed by atoms with Gasteiger partial charge >= 0.3 is 0 Å². The van der Waals surface area contributed by atoms with Crippen LogP contribution < -0.4 is 10.1 Å². The third kappa shape index (κ3) is 4.57. The predicted octanol–water partition coefficient (Wildman–Crippen LogP) is 4.65. The monoisotopic (exact) mass is 383 g/mol. The van der Waals surface area contributed by atoms with E-state index in [0.29, 0.717) is 11.5 Å². The Morgan fingerprint density at radius 2 is 2.11 bits per heavy atom. The highest BCUT2D eigenvalue weighted by atomic mass is 32.1. The first-order valence-corrected chi connectivity index (χ1v) is 9.96. The number of carbonyl (C=O) groups is 1. The topological polar surface area (TPSA) is 56.2 Å². The fourth-order valence-corrected chi connectivity index (χ4v) is 3.71. The molecule has 3 rings (SSSR count). The summed E-state index contributed by atoms with van der Waals surface area (Å²) in [5, 5.41) is 9.28. The van der Waals surface area contributed by atoms with Crippen LogP contribution in [-0.2, 0) is 13.2 Å². The number of nitrogens with zero attached hydrogens (tertiary/aromatic N) is 2. The van der Waals surface area contributed by atoms with E-state index >= 15 is 0 Å². The lowest BCUT2D eigenvalue weighted by molar-refractivity contribution is 0.0942. The molecule has 0 aliphatic rings. The number of hydrogen-bond acceptors (Lipinski definition) is 4. The molecule has 142 valence electrons. The number of thiophene rings is 1. The second-order valence-electron chi connectivity index (χ2n) is 6.64. The summed E-state index contributed by atoms with van der Waals surface area (Å²) in [7, 11) is 0. The molecule has 0 fully saturated rings. The maximum Gasteiger partial charge on any atom is 0.261 e. The number of ether oxygens (including phenoxy) is 1. The molecule has 0 saturated heterocycles. The van der Waals surface area contributed by atoms with Crippen molar-refractivity contribution in [3.8, 4) is 5.75 Å². The van der Waals surface area contributed by atoms with Gasteiger partial charge in [-0.2, -0.15) is 5.10 Å². The normalized spacial score (nSPS) is 12.0. The van der Waals surface area contributed by atoms with Gasteiger partial charge in [-0.05, 0) is 62.4 Å². The second-order valence-corrected chi connectivity index (χ2v) is 7.56. The fraction of sp³-hybridized carbons (Fsp3) is 0.333. The first-order chi connectivity index (χ1) is 13.0. The van der Waals surface area contributed by atoms with Gasteiger partial charge in [0.2, 0.25) is 0 Å². The molecule has 1 amide bonds. The van der Waals surface area contributed by atoms with Gasteiger partial charge in [0.15, 0.2) is 0 Å². The third-order valence-corrected chi connectivity index (χ3v) is 5.43. The molecule has 0 aliphatic carbocycles. The second kappa shape index (κ2) is 8.39. The Morgan fingerprint density at radius 3 is 2.89 bits per heavy atom. The van der Waals surface area contributed by atoms with Crippen LogP contribution in [0.5, 0.6) is 5.75 Å². The van der Waals surface area contributed by atoms with E-state index in [1.54, 1.807) is 6.20 Å². The van der Waals surface area contributed by atoms with Gasteiger partial charge in [0, 0.05) is 18.3 Å². The molecule has 1 unspecified atom stereocenters. The Bertz CT molecular complexity index is 929. The molecule has 0 radical (unpaired) electrons. The number of carbonyl (C=O) groups excluding carboxylic acids is 1. The van der Waals surface area contributed by atoms with Crippen LogP contribution in [0.4, 0.5) is 0 Å². The van der Waals surface area contributed by atoms with E-state index in [9.17, 15) is 4.79 Å². The summed E-state index contributed by atoms with van der Waals surface area (Å²) in [6.45, 7) is 9.31. The van der Waals surface area contributed by atoms with Crippen molar-refractivity contribution in [3.05, 3.63) is 69.2 Å². The molecule has 3 aromatic rings. The smallest absolute Gasteiger partial charge is 0.261 e. The van der Waals surface area contributed by atoms with E-state index in [4.69, 9.17) is 4.74 Å². The van der Waals surface area contributed by atoms with E-state index in [1.165, 1.54) is 16.9 Å². The molecule has 0 spiro atoms. The van der Waals surface area contributed by atoms with Crippen molar-refractivity contribution in [2.45, 2.75) is 46.9 Å². The Hall–Kier alpha value is -2.60. The average Bonchev–Trinajstić information content (AvgIpc) is 3.31. The van der Waals surface area contributed by atoms with Gasteiger partial charge in [-0.15, -0.1) is 11.3 Å². The Morgan fingerprint density at radius 1 is 1.30 bits per heavy atom. The van der Waals surface area contributed by atoms with Crippen molar-refractivity contribution >= 4 is 17.2 Å². The zero-order chi connectivity index (χ0) is 19.4. The SMILES string of the molecule is CCn1nccc1C(C)NC(=O)c1cc(COc2cc(C)ccc2C)cs1. The lowest BCUT2D eigenvalue weighted by Crippen LogP contribution is -2.27. The van der Waals surface area contributed by atoms with Crippen molar-refractivity contribution in [1.29, 1.82) is 0 Å². The molecule has 2 aromatic heterocycles. The van der Waals surface area contributed by atoms with E-state index in [1.807, 2.05) is 56.0 Å². The maximum absolute atomic E-state index is 12.6. The van der Waals surface area contributed by atoms with Gasteiger partial charge in [0.1, 0.15) is 12.4 Å². The molecule has 5 nitrogen and oxygen atoms in total. The van der Waals surface area contributed by atoms with Crippen molar-refractivity contribution in [2.24, 2.45) is 0 Å². The van der Waals surface area contributed by atoms with Crippen molar-refractivity contribution in [3.63, 3.8) is 0 Å². The Kier molecular flexibility index (Phi) is 5.96. The van der Waals surface area contributed by atoms with Crippen LogP contribution in [0.2, 0.25) is 0 Å². The molecule has 2 heterocycles. The van der Waals surface area contributed by atoms with Crippen LogP contribution in [-0.4, -0.2) is 15.7 Å². The van der Waals surface area contributed by atoms with Crippen LogP contribution >= 0.6 is 11.3 Å². The summed E-state index contributed by atoms with van der Waals surface area (Å²) >= 11 is 1.43. The summed E-state index contributed by atoms with van der Waals surface area (Å²) < 4.78 is 7.82. The first-order valence-electron chi connectivity index (χ1n) is 9.08. The minimum Gasteiger partial charge on any atom is -0.489 e. The molecular weight excluding hydrogens is 358 g/mol. The van der Waals surface area contributed by atoms with E-state index in [2.05, 4.69) is 22.5 Å². The Labute approximate surface area is 164 Å². The highest BCUT2D eigenvalue weighted by Gasteiger charge is 2.16. The zero-order valence-corrected chi connectivity index (χ0v) is 17.0. The number of aromatic nitrogens is 2. The molecule has 0 bridgehead atoms. The third-order valence-electron chi connectivity index (χ3n) is 4.46. The predicted molar refractivity (Wildman–Crippen MR) is 108 cm³/mol. The number of aryl methyl sites for hydroxylation is 3. The van der Waals surface area contributed by atoms with Gasteiger partial charge in [0.05, 0.1) is 16.6 Å². The van der Waals surface area contributed by atoms with Crippen LogP contribution in [0.25, 0.3) is 0 Å². The van der Waals surface area contributed by atoms with Gasteiger partial charge in [0.25, 0.3) is 5.91 Å². The minimum absolute atomic E-state index is 0.0747. The van der Waals surface area contributed by atoms with Gasteiger partial charge in [-0.1, -0.05) is 12.1 Å². The highest BCUT2D eigenvalue weighted by Crippen LogP contribution is 2.22. The molecule has 1 atom stereocenters. The molecule has 1 N–H and O–H groups in total. The molecule has 6 heteroatoms. The molecule has 0 saturated carbocycles. The van der Waals surface area contributed by atoms with Crippen LogP contribution in [0.1, 0.15) is 51.9 Å². The van der Waals surface area contributed by atoms with Crippen molar-refractivity contribution < 1.29 is 9.53 Å². The lowest BCUT2D eigenvalue weighted by Gasteiger charge is -2.14. The standard InChI is InChI=1S/C21H25N3O2S/c1-5-24-18(8-9-22-24)16(4)23-21(25)20-11-17(13-27-20)12-26-19-10-14(2)6-7-15(19)3/h6-11,13,16H,5,12H2,1-4H3,(H,23,25). The molecule has 0 aliphatic heterocycles. The maximum atomic E-state index is 12.6. The lowest BCUT2D eigenvalue weighted by atomic mass is 10.1. The van der Waals surface area contributed by atoms with Crippen LogP contribution in [0.15, 0.2) is 41.9 Å². The van der Waals surface area contributed by atoms with E-state index in [0.717, 1.165) is 29.1 Å². The molecule has 27 heavy (non-hydrogen) atoms. The minimum atomic E-state index is -0.100. The van der Waals surface area contributed by atoms with Gasteiger partial charge in [-0.3, -0.25) is 9.48 Å². The van der Waals surface area contributed by atoms with Crippen LogP contribution in [0, 0.1) is 13.8 Å². The average molecular weight is 384 g/mol. The van der Waals surface area contributed by atoms with Crippen molar-refractivity contribution in [1.82, 2.24) is 15.1 Å². The summed E-state index contributed by atoms with van der Waals surface area (Å²) in [5.41, 5.74) is 4.27. The Balaban J connectivity index is 1.61. The van der Waals surface area contributed by atoms with Gasteiger partial charge < -0.3 is 10.1 Å². The number of hydrogen-bond donors (Lipinski definition) is 1. The first kappa shape index (κ1) is 19.2. The number of rotatable bonds is 7. The summed E-state index contributed by atoms with van der Waals surface area (Å²) in [6, 6.07) is 9.90. The van der Waals surface area contributed by atoms with Gasteiger partial charge in [-0.25, -0.2) is 0 Å². The summed E-state index contributed by atoms with van der Waals surface area (Å²) in [6.07, 6.45) is 1.76. The molecule has 1 aromatic carbocycles. The summed E-state index contributed by atoms with van der Waals surface area (Å²) in [4.78, 5) is 13.2. The van der Waals surface area contributed by atoms with E-state index < -0.39 is 0 Å². The van der Waals surface area contributed by atoms with Crippen LogP contribution in [0.3, 0.4) is 0 Å². The zero-order valence-electron chi connectivity index (χ0n) is 16.2. The largest absolute Gasteiger partial charge is 0.489 e. The molecular formula is C21H25N3O2S. The quantitative estimate of drug-likeness (QED) is 0.646. The highest BCUT2D eigenvalue weighted by molar-refractivity contribution is 7.12. The number of nitrogens with one attached hydrogen (secondary N) is 1.